The number of phenolic OH excluding ortho intramolecular Hbond substituents is 1. The first-order valence-corrected chi connectivity index (χ1v) is 8.80. The highest BCUT2D eigenvalue weighted by molar-refractivity contribution is 7.86. The summed E-state index contributed by atoms with van der Waals surface area (Å²) < 4.78 is 27.1. The fourth-order valence-electron chi connectivity index (χ4n) is 2.81. The van der Waals surface area contributed by atoms with E-state index in [9.17, 15) is 13.5 Å². The summed E-state index contributed by atoms with van der Waals surface area (Å²) in [5.41, 5.74) is 1.53. The van der Waals surface area contributed by atoms with E-state index in [-0.39, 0.29) is 5.75 Å². The number of rotatable bonds is 3. The fourth-order valence-corrected chi connectivity index (χ4v) is 3.90. The Morgan fingerprint density at radius 1 is 1.13 bits per heavy atom. The highest BCUT2D eigenvalue weighted by Gasteiger charge is 2.29. The lowest BCUT2D eigenvalue weighted by Gasteiger charge is -2.36. The lowest BCUT2D eigenvalue weighted by atomic mass is 10.1. The minimum Gasteiger partial charge on any atom is -0.506 e. The number of anilines is 1. The van der Waals surface area contributed by atoms with E-state index >= 15 is 0 Å². The predicted octanol–water partition coefficient (Wildman–Crippen LogP) is 0.869. The third-order valence-corrected chi connectivity index (χ3v) is 6.03. The molecule has 7 nitrogen and oxygen atoms in total. The van der Waals surface area contributed by atoms with Crippen LogP contribution in [0.25, 0.3) is 10.9 Å². The van der Waals surface area contributed by atoms with Crippen LogP contribution in [0.4, 0.5) is 5.69 Å². The highest BCUT2D eigenvalue weighted by atomic mass is 32.2. The third kappa shape index (κ3) is 2.85. The van der Waals surface area contributed by atoms with Crippen LogP contribution in [-0.2, 0) is 10.2 Å². The molecule has 0 atom stereocenters. The van der Waals surface area contributed by atoms with Crippen molar-refractivity contribution in [2.75, 3.05) is 45.2 Å². The molecule has 1 aromatic heterocycles. The molecule has 0 saturated carbocycles. The average molecular weight is 336 g/mol. The van der Waals surface area contributed by atoms with Crippen molar-refractivity contribution in [3.05, 3.63) is 30.5 Å². The van der Waals surface area contributed by atoms with Gasteiger partial charge in [-0.3, -0.25) is 4.98 Å². The number of para-hydroxylation sites is 1. The zero-order valence-corrected chi connectivity index (χ0v) is 14.0. The quantitative estimate of drug-likeness (QED) is 0.900. The summed E-state index contributed by atoms with van der Waals surface area (Å²) in [6.45, 7) is 2.07. The summed E-state index contributed by atoms with van der Waals surface area (Å²) >= 11 is 0. The molecule has 1 aliphatic heterocycles. The van der Waals surface area contributed by atoms with Gasteiger partial charge in [-0.15, -0.1) is 0 Å². The Kier molecular flexibility index (Phi) is 4.13. The van der Waals surface area contributed by atoms with Gasteiger partial charge in [-0.25, -0.2) is 0 Å². The number of fused-ring (bicyclic) bond motifs is 1. The third-order valence-electron chi connectivity index (χ3n) is 4.09. The topological polar surface area (TPSA) is 77.0 Å². The number of pyridine rings is 1. The maximum Gasteiger partial charge on any atom is 0.281 e. The summed E-state index contributed by atoms with van der Waals surface area (Å²) in [4.78, 5) is 6.35. The van der Waals surface area contributed by atoms with Crippen LogP contribution in [0, 0.1) is 0 Å². The van der Waals surface area contributed by atoms with Gasteiger partial charge in [-0.1, -0.05) is 12.1 Å². The molecule has 1 fully saturated rings. The fraction of sp³-hybridized carbons (Fsp3) is 0.400. The lowest BCUT2D eigenvalue weighted by molar-refractivity contribution is 0.356. The molecular formula is C15H20N4O3S. The van der Waals surface area contributed by atoms with E-state index in [0.29, 0.717) is 31.7 Å². The minimum atomic E-state index is -3.37. The maximum absolute atomic E-state index is 12.2. The molecule has 0 radical (unpaired) electrons. The predicted molar refractivity (Wildman–Crippen MR) is 89.8 cm³/mol. The molecule has 124 valence electrons. The summed E-state index contributed by atoms with van der Waals surface area (Å²) in [5, 5.41) is 10.8. The van der Waals surface area contributed by atoms with Crippen molar-refractivity contribution in [1.82, 2.24) is 13.6 Å². The van der Waals surface area contributed by atoms with E-state index in [1.807, 2.05) is 12.1 Å². The highest BCUT2D eigenvalue weighted by Crippen LogP contribution is 2.31. The molecule has 1 aromatic carbocycles. The van der Waals surface area contributed by atoms with Gasteiger partial charge in [0.05, 0.1) is 0 Å². The Morgan fingerprint density at radius 2 is 1.83 bits per heavy atom. The summed E-state index contributed by atoms with van der Waals surface area (Å²) in [5.74, 6) is 0.151. The SMILES string of the molecule is CN(C)S(=O)(=O)N1CCN(c2ccnc3c(O)cccc23)CC1. The smallest absolute Gasteiger partial charge is 0.281 e. The first kappa shape index (κ1) is 16.0. The van der Waals surface area contributed by atoms with Gasteiger partial charge < -0.3 is 10.0 Å². The Morgan fingerprint density at radius 3 is 2.48 bits per heavy atom. The summed E-state index contributed by atoms with van der Waals surface area (Å²) in [7, 11) is -0.282. The van der Waals surface area contributed by atoms with Gasteiger partial charge in [0.1, 0.15) is 11.3 Å². The molecular weight excluding hydrogens is 316 g/mol. The van der Waals surface area contributed by atoms with Crippen molar-refractivity contribution in [3.63, 3.8) is 0 Å². The number of nitrogens with zero attached hydrogens (tertiary/aromatic N) is 4. The van der Waals surface area contributed by atoms with E-state index in [4.69, 9.17) is 0 Å². The monoisotopic (exact) mass is 336 g/mol. The molecule has 8 heteroatoms. The Hall–Kier alpha value is -1.90. The van der Waals surface area contributed by atoms with E-state index in [2.05, 4.69) is 9.88 Å². The van der Waals surface area contributed by atoms with E-state index in [0.717, 1.165) is 11.1 Å². The van der Waals surface area contributed by atoms with E-state index < -0.39 is 10.2 Å². The minimum absolute atomic E-state index is 0.151. The zero-order chi connectivity index (χ0) is 16.6. The Bertz CT molecular complexity index is 815. The van der Waals surface area contributed by atoms with Crippen LogP contribution in [0.15, 0.2) is 30.5 Å². The van der Waals surface area contributed by atoms with Crippen LogP contribution in [0.1, 0.15) is 0 Å². The molecule has 3 rings (SSSR count). The normalized spacial score (nSPS) is 17.1. The number of benzene rings is 1. The van der Waals surface area contributed by atoms with Gasteiger partial charge >= 0.3 is 0 Å². The van der Waals surface area contributed by atoms with Crippen molar-refractivity contribution in [3.8, 4) is 5.75 Å². The van der Waals surface area contributed by atoms with Crippen LogP contribution < -0.4 is 4.90 Å². The number of aromatic nitrogens is 1. The number of phenols is 1. The largest absolute Gasteiger partial charge is 0.506 e. The van der Waals surface area contributed by atoms with Crippen molar-refractivity contribution in [2.45, 2.75) is 0 Å². The van der Waals surface area contributed by atoms with Crippen LogP contribution in [0.5, 0.6) is 5.75 Å². The first-order chi connectivity index (χ1) is 10.9. The summed E-state index contributed by atoms with van der Waals surface area (Å²) in [6, 6.07) is 7.22. The molecule has 0 bridgehead atoms. The second kappa shape index (κ2) is 5.95. The molecule has 2 heterocycles. The van der Waals surface area contributed by atoms with Gasteiger partial charge in [-0.2, -0.15) is 17.0 Å². The molecule has 2 aromatic rings. The number of aromatic hydroxyl groups is 1. The molecule has 0 amide bonds. The van der Waals surface area contributed by atoms with E-state index in [1.165, 1.54) is 8.61 Å². The summed E-state index contributed by atoms with van der Waals surface area (Å²) in [6.07, 6.45) is 1.67. The maximum atomic E-state index is 12.2. The van der Waals surface area contributed by atoms with Gasteiger partial charge in [0.25, 0.3) is 10.2 Å². The van der Waals surface area contributed by atoms with Crippen LogP contribution in [0.2, 0.25) is 0 Å². The number of hydrogen-bond donors (Lipinski definition) is 1. The Labute approximate surface area is 135 Å². The van der Waals surface area contributed by atoms with Gasteiger partial charge in [0.2, 0.25) is 0 Å². The van der Waals surface area contributed by atoms with Crippen molar-refractivity contribution in [1.29, 1.82) is 0 Å². The Balaban J connectivity index is 1.85. The van der Waals surface area contributed by atoms with Crippen molar-refractivity contribution in [2.24, 2.45) is 0 Å². The molecule has 0 unspecified atom stereocenters. The second-order valence-electron chi connectivity index (χ2n) is 5.68. The second-order valence-corrected chi connectivity index (χ2v) is 7.82. The average Bonchev–Trinajstić information content (AvgIpc) is 2.55. The van der Waals surface area contributed by atoms with Crippen molar-refractivity contribution >= 4 is 26.8 Å². The van der Waals surface area contributed by atoms with Gasteiger partial charge in [-0.05, 0) is 12.1 Å². The lowest BCUT2D eigenvalue weighted by Crippen LogP contribution is -2.51. The van der Waals surface area contributed by atoms with Gasteiger partial charge in [0.15, 0.2) is 0 Å². The molecule has 1 aliphatic rings. The van der Waals surface area contributed by atoms with Crippen molar-refractivity contribution < 1.29 is 13.5 Å². The van der Waals surface area contributed by atoms with Crippen LogP contribution in [0.3, 0.4) is 0 Å². The zero-order valence-electron chi connectivity index (χ0n) is 13.2. The molecule has 1 N–H and O–H groups in total. The van der Waals surface area contributed by atoms with E-state index in [1.54, 1.807) is 32.4 Å². The van der Waals surface area contributed by atoms with Gasteiger partial charge in [0, 0.05) is 57.5 Å². The molecule has 0 spiro atoms. The molecule has 23 heavy (non-hydrogen) atoms. The number of hydrogen-bond acceptors (Lipinski definition) is 5. The van der Waals surface area contributed by atoms with Crippen LogP contribution >= 0.6 is 0 Å². The molecule has 1 saturated heterocycles. The standard InChI is InChI=1S/C15H20N4O3S/c1-17(2)23(21,22)19-10-8-18(9-11-19)13-6-7-16-15-12(13)4-3-5-14(15)20/h3-7,20H,8-11H2,1-2H3. The number of piperazine rings is 1. The first-order valence-electron chi connectivity index (χ1n) is 7.40. The van der Waals surface area contributed by atoms with Crippen LogP contribution in [-0.4, -0.2) is 67.4 Å². The molecule has 0 aliphatic carbocycles.